The first kappa shape index (κ1) is 16.0. The van der Waals surface area contributed by atoms with Crippen LogP contribution in [0.25, 0.3) is 21.8 Å². The number of benzene rings is 2. The van der Waals surface area contributed by atoms with Gasteiger partial charge in [0.1, 0.15) is 11.3 Å². The molecule has 0 aliphatic rings. The zero-order valence-corrected chi connectivity index (χ0v) is 12.3. The molecule has 0 saturated heterocycles. The first-order valence-electron chi connectivity index (χ1n) is 6.67. The number of aromatic nitrogens is 2. The number of phenols is 1. The minimum absolute atomic E-state index is 0. The van der Waals surface area contributed by atoms with E-state index in [0.717, 1.165) is 10.9 Å². The monoisotopic (exact) mass is 281 g/mol. The molecule has 0 bridgehead atoms. The molecule has 0 amide bonds. The molecule has 4 aromatic rings. The van der Waals surface area contributed by atoms with Gasteiger partial charge in [-0.3, -0.25) is 9.97 Å². The predicted molar refractivity (Wildman–Crippen MR) is 90.9 cm³/mol. The van der Waals surface area contributed by atoms with Gasteiger partial charge in [0.05, 0.1) is 5.52 Å². The summed E-state index contributed by atoms with van der Waals surface area (Å²) < 4.78 is 0. The predicted octanol–water partition coefficient (Wildman–Crippen LogP) is 3.79. The summed E-state index contributed by atoms with van der Waals surface area (Å²) in [5.41, 5.74) is 1.72. The molecular weight excluding hydrogens is 267 g/mol. The van der Waals surface area contributed by atoms with Crippen molar-refractivity contribution in [3.8, 4) is 5.75 Å². The van der Waals surface area contributed by atoms with Crippen molar-refractivity contribution in [2.45, 2.75) is 0 Å². The number of para-hydroxylation sites is 2. The van der Waals surface area contributed by atoms with Crippen molar-refractivity contribution in [1.29, 1.82) is 0 Å². The van der Waals surface area contributed by atoms with Gasteiger partial charge in [-0.2, -0.15) is 0 Å². The number of nitrogens with zero attached hydrogens (tertiary/aromatic N) is 2. The third-order valence-electron chi connectivity index (χ3n) is 3.12. The van der Waals surface area contributed by atoms with Gasteiger partial charge >= 0.3 is 0 Å². The third-order valence-corrected chi connectivity index (χ3v) is 3.12. The Morgan fingerprint density at radius 2 is 1.27 bits per heavy atom. The van der Waals surface area contributed by atoms with E-state index < -0.39 is 0 Å². The Hall–Kier alpha value is -2.34. The number of phenolic OH excluding ortho intramolecular Hbond substituents is 1. The maximum Gasteiger partial charge on any atom is 0.141 e. The molecule has 2 heterocycles. The van der Waals surface area contributed by atoms with Gasteiger partial charge in [-0.15, -0.1) is 0 Å². The van der Waals surface area contributed by atoms with Gasteiger partial charge in [-0.25, -0.2) is 0 Å². The van der Waals surface area contributed by atoms with Crippen LogP contribution in [0.15, 0.2) is 79.1 Å². The van der Waals surface area contributed by atoms with Crippen molar-refractivity contribution in [2.24, 2.45) is 0 Å². The molecule has 1 N–H and O–H groups in total. The van der Waals surface area contributed by atoms with Crippen LogP contribution >= 0.6 is 0 Å². The molecule has 0 aliphatic heterocycles. The van der Waals surface area contributed by atoms with E-state index in [0.29, 0.717) is 5.52 Å². The van der Waals surface area contributed by atoms with Crippen molar-refractivity contribution < 1.29 is 5.11 Å². The van der Waals surface area contributed by atoms with Crippen molar-refractivity contribution >= 4 is 40.7 Å². The molecule has 22 heavy (non-hydrogen) atoms. The van der Waals surface area contributed by atoms with E-state index in [1.54, 1.807) is 18.3 Å². The SMILES string of the molecule is Oc1cccc2cccnc12.[Li].c1ccc2ncccc2c1. The molecule has 0 unspecified atom stereocenters. The summed E-state index contributed by atoms with van der Waals surface area (Å²) in [5.74, 6) is 0.239. The Kier molecular flexibility index (Phi) is 5.54. The number of fused-ring (bicyclic) bond motifs is 2. The van der Waals surface area contributed by atoms with E-state index in [4.69, 9.17) is 0 Å². The molecular formula is C18H14LiN2O. The van der Waals surface area contributed by atoms with Gasteiger partial charge in [0.2, 0.25) is 0 Å². The van der Waals surface area contributed by atoms with Crippen LogP contribution in [0.5, 0.6) is 5.75 Å². The van der Waals surface area contributed by atoms with Gasteiger partial charge in [0.15, 0.2) is 0 Å². The fourth-order valence-corrected chi connectivity index (χ4v) is 2.10. The van der Waals surface area contributed by atoms with Crippen LogP contribution in [-0.4, -0.2) is 33.9 Å². The minimum Gasteiger partial charge on any atom is -0.506 e. The molecule has 0 spiro atoms. The maximum absolute atomic E-state index is 9.31. The zero-order valence-electron chi connectivity index (χ0n) is 12.3. The van der Waals surface area contributed by atoms with Crippen molar-refractivity contribution in [3.05, 3.63) is 79.1 Å². The van der Waals surface area contributed by atoms with Gasteiger partial charge in [-0.05, 0) is 24.3 Å². The number of hydrogen-bond donors (Lipinski definition) is 1. The van der Waals surface area contributed by atoms with Crippen LogP contribution < -0.4 is 0 Å². The Labute approximate surface area is 140 Å². The Morgan fingerprint density at radius 1 is 0.636 bits per heavy atom. The summed E-state index contributed by atoms with van der Waals surface area (Å²) >= 11 is 0. The Bertz CT molecular complexity index is 810. The quantitative estimate of drug-likeness (QED) is 0.499. The number of hydrogen-bond acceptors (Lipinski definition) is 3. The summed E-state index contributed by atoms with van der Waals surface area (Å²) in [7, 11) is 0. The molecule has 103 valence electrons. The topological polar surface area (TPSA) is 46.0 Å². The Morgan fingerprint density at radius 3 is 2.05 bits per heavy atom. The van der Waals surface area contributed by atoms with Crippen molar-refractivity contribution in [3.63, 3.8) is 0 Å². The molecule has 0 fully saturated rings. The molecule has 0 saturated carbocycles. The van der Waals surface area contributed by atoms with E-state index in [1.165, 1.54) is 5.39 Å². The van der Waals surface area contributed by atoms with E-state index in [2.05, 4.69) is 22.1 Å². The van der Waals surface area contributed by atoms with Crippen molar-refractivity contribution in [1.82, 2.24) is 9.97 Å². The smallest absolute Gasteiger partial charge is 0.141 e. The Balaban J connectivity index is 0.000000154. The molecule has 0 aliphatic carbocycles. The molecule has 1 radical (unpaired) electrons. The van der Waals surface area contributed by atoms with E-state index in [1.807, 2.05) is 48.7 Å². The second kappa shape index (κ2) is 7.60. The number of aromatic hydroxyl groups is 1. The fraction of sp³-hybridized carbons (Fsp3) is 0. The van der Waals surface area contributed by atoms with Gasteiger partial charge in [-0.1, -0.05) is 42.5 Å². The molecule has 4 rings (SSSR count). The van der Waals surface area contributed by atoms with Crippen molar-refractivity contribution in [2.75, 3.05) is 0 Å². The average molecular weight is 281 g/mol. The van der Waals surface area contributed by atoms with Crippen LogP contribution in [0.1, 0.15) is 0 Å². The van der Waals surface area contributed by atoms with Gasteiger partial charge in [0.25, 0.3) is 0 Å². The molecule has 0 atom stereocenters. The van der Waals surface area contributed by atoms with Crippen LogP contribution in [0.2, 0.25) is 0 Å². The fourth-order valence-electron chi connectivity index (χ4n) is 2.10. The molecule has 2 aromatic carbocycles. The molecule has 4 heteroatoms. The van der Waals surface area contributed by atoms with Crippen LogP contribution in [0.3, 0.4) is 0 Å². The second-order valence-electron chi connectivity index (χ2n) is 4.55. The van der Waals surface area contributed by atoms with Gasteiger partial charge in [0, 0.05) is 42.0 Å². The number of pyridine rings is 2. The standard InChI is InChI=1S/C9H7NO.C9H7N.Li/c11-8-5-1-3-7-4-2-6-10-9(7)8;1-2-6-9-8(4-1)5-3-7-10-9;/h1-6,11H;1-7H;. The first-order chi connectivity index (χ1) is 10.3. The summed E-state index contributed by atoms with van der Waals surface area (Å²) in [4.78, 5) is 8.21. The van der Waals surface area contributed by atoms with Crippen LogP contribution in [0, 0.1) is 0 Å². The summed E-state index contributed by atoms with van der Waals surface area (Å²) in [5, 5.41) is 11.5. The average Bonchev–Trinajstić information content (AvgIpc) is 2.56. The van der Waals surface area contributed by atoms with Gasteiger partial charge < -0.3 is 5.11 Å². The summed E-state index contributed by atoms with van der Waals surface area (Å²) in [6.07, 6.45) is 3.48. The third kappa shape index (κ3) is 3.65. The second-order valence-corrected chi connectivity index (χ2v) is 4.55. The van der Waals surface area contributed by atoms with E-state index in [9.17, 15) is 5.11 Å². The summed E-state index contributed by atoms with van der Waals surface area (Å²) in [6.45, 7) is 0. The normalized spacial score (nSPS) is 9.64. The van der Waals surface area contributed by atoms with Crippen LogP contribution in [-0.2, 0) is 0 Å². The minimum atomic E-state index is 0. The van der Waals surface area contributed by atoms with E-state index in [-0.39, 0.29) is 24.6 Å². The largest absolute Gasteiger partial charge is 0.506 e. The maximum atomic E-state index is 9.31. The first-order valence-corrected chi connectivity index (χ1v) is 6.67. The zero-order chi connectivity index (χ0) is 14.5. The molecule has 2 aromatic heterocycles. The van der Waals surface area contributed by atoms with E-state index >= 15 is 0 Å². The van der Waals surface area contributed by atoms with Crippen LogP contribution in [0.4, 0.5) is 0 Å². The summed E-state index contributed by atoms with van der Waals surface area (Å²) in [6, 6.07) is 21.2. The number of rotatable bonds is 0. The molecule has 3 nitrogen and oxygen atoms in total.